The Balaban J connectivity index is 2.58. The lowest BCUT2D eigenvalue weighted by Crippen LogP contribution is -1.93. The van der Waals surface area contributed by atoms with Crippen molar-refractivity contribution in [3.8, 4) is 22.6 Å². The summed E-state index contributed by atoms with van der Waals surface area (Å²) in [4.78, 5) is 0. The van der Waals surface area contributed by atoms with Gasteiger partial charge in [0.2, 0.25) is 0 Å². The molecule has 0 amide bonds. The van der Waals surface area contributed by atoms with Crippen LogP contribution in [0.2, 0.25) is 0 Å². The summed E-state index contributed by atoms with van der Waals surface area (Å²) in [5.41, 5.74) is 4.95. The predicted molar refractivity (Wildman–Crippen MR) is 74.5 cm³/mol. The zero-order chi connectivity index (χ0) is 13.1. The second kappa shape index (κ2) is 5.13. The molecule has 0 aliphatic heterocycles. The summed E-state index contributed by atoms with van der Waals surface area (Å²) < 4.78 is 10.6. The highest BCUT2D eigenvalue weighted by molar-refractivity contribution is 5.73. The fourth-order valence-electron chi connectivity index (χ4n) is 2.26. The van der Waals surface area contributed by atoms with Gasteiger partial charge in [-0.1, -0.05) is 24.3 Å². The Labute approximate surface area is 108 Å². The molecule has 0 radical (unpaired) electrons. The van der Waals surface area contributed by atoms with Crippen molar-refractivity contribution >= 4 is 0 Å². The molecule has 0 saturated heterocycles. The van der Waals surface area contributed by atoms with Crippen molar-refractivity contribution in [2.24, 2.45) is 0 Å². The van der Waals surface area contributed by atoms with Gasteiger partial charge in [0, 0.05) is 0 Å². The zero-order valence-corrected chi connectivity index (χ0v) is 11.3. The largest absolute Gasteiger partial charge is 0.493 e. The molecule has 0 atom stereocenters. The Hall–Kier alpha value is -1.96. The minimum atomic E-state index is 0.757. The van der Waals surface area contributed by atoms with E-state index < -0.39 is 0 Å². The van der Waals surface area contributed by atoms with Gasteiger partial charge in [-0.3, -0.25) is 0 Å². The number of aryl methyl sites for hydroxylation is 2. The molecule has 0 aliphatic rings. The van der Waals surface area contributed by atoms with E-state index in [0.29, 0.717) is 0 Å². The monoisotopic (exact) mass is 242 g/mol. The minimum Gasteiger partial charge on any atom is -0.493 e. The normalized spacial score (nSPS) is 10.2. The van der Waals surface area contributed by atoms with Crippen LogP contribution in [0, 0.1) is 13.8 Å². The predicted octanol–water partition coefficient (Wildman–Crippen LogP) is 3.99. The Kier molecular flexibility index (Phi) is 3.56. The maximum absolute atomic E-state index is 5.35. The van der Waals surface area contributed by atoms with Gasteiger partial charge in [-0.2, -0.15) is 0 Å². The van der Waals surface area contributed by atoms with E-state index in [2.05, 4.69) is 38.1 Å². The van der Waals surface area contributed by atoms with Crippen molar-refractivity contribution in [3.63, 3.8) is 0 Å². The van der Waals surface area contributed by atoms with Gasteiger partial charge in [-0.05, 0) is 48.2 Å². The van der Waals surface area contributed by atoms with Gasteiger partial charge in [0.05, 0.1) is 14.2 Å². The Morgan fingerprint density at radius 2 is 1.39 bits per heavy atom. The number of methoxy groups -OCH3 is 2. The van der Waals surface area contributed by atoms with E-state index in [4.69, 9.17) is 9.47 Å². The van der Waals surface area contributed by atoms with Crippen molar-refractivity contribution in [2.45, 2.75) is 13.8 Å². The fraction of sp³-hybridized carbons (Fsp3) is 0.250. The topological polar surface area (TPSA) is 18.5 Å². The SMILES string of the molecule is COc1ccc(-c2c(C)cccc2C)cc1OC. The first kappa shape index (κ1) is 12.5. The van der Waals surface area contributed by atoms with E-state index in [9.17, 15) is 0 Å². The molecule has 2 heteroatoms. The van der Waals surface area contributed by atoms with E-state index in [0.717, 1.165) is 17.1 Å². The summed E-state index contributed by atoms with van der Waals surface area (Å²) in [5.74, 6) is 1.52. The molecular formula is C16H18O2. The maximum Gasteiger partial charge on any atom is 0.161 e. The smallest absolute Gasteiger partial charge is 0.161 e. The van der Waals surface area contributed by atoms with Gasteiger partial charge in [-0.25, -0.2) is 0 Å². The standard InChI is InChI=1S/C16H18O2/c1-11-6-5-7-12(2)16(11)13-8-9-14(17-3)15(10-13)18-4/h5-10H,1-4H3. The van der Waals surface area contributed by atoms with Crippen LogP contribution in [0.5, 0.6) is 11.5 Å². The van der Waals surface area contributed by atoms with Crippen LogP contribution in [0.4, 0.5) is 0 Å². The van der Waals surface area contributed by atoms with E-state index >= 15 is 0 Å². The van der Waals surface area contributed by atoms with Gasteiger partial charge in [-0.15, -0.1) is 0 Å². The Bertz CT molecular complexity index is 539. The average molecular weight is 242 g/mol. The molecule has 94 valence electrons. The molecule has 0 unspecified atom stereocenters. The average Bonchev–Trinajstić information content (AvgIpc) is 2.38. The van der Waals surface area contributed by atoms with Crippen LogP contribution in [-0.4, -0.2) is 14.2 Å². The van der Waals surface area contributed by atoms with Crippen LogP contribution >= 0.6 is 0 Å². The lowest BCUT2D eigenvalue weighted by molar-refractivity contribution is 0.355. The summed E-state index contributed by atoms with van der Waals surface area (Å²) in [6.07, 6.45) is 0. The second-order valence-electron chi connectivity index (χ2n) is 4.34. The zero-order valence-electron chi connectivity index (χ0n) is 11.3. The lowest BCUT2D eigenvalue weighted by Gasteiger charge is -2.13. The van der Waals surface area contributed by atoms with E-state index in [1.165, 1.54) is 16.7 Å². The number of rotatable bonds is 3. The van der Waals surface area contributed by atoms with Crippen LogP contribution in [0.25, 0.3) is 11.1 Å². The van der Waals surface area contributed by atoms with E-state index in [-0.39, 0.29) is 0 Å². The molecular weight excluding hydrogens is 224 g/mol. The van der Waals surface area contributed by atoms with Crippen LogP contribution in [0.15, 0.2) is 36.4 Å². The molecule has 0 aliphatic carbocycles. The summed E-state index contributed by atoms with van der Waals surface area (Å²) in [5, 5.41) is 0. The van der Waals surface area contributed by atoms with Gasteiger partial charge in [0.25, 0.3) is 0 Å². The Morgan fingerprint density at radius 3 is 1.94 bits per heavy atom. The summed E-state index contributed by atoms with van der Waals surface area (Å²) in [7, 11) is 3.31. The lowest BCUT2D eigenvalue weighted by atomic mass is 9.95. The van der Waals surface area contributed by atoms with E-state index in [1.54, 1.807) is 14.2 Å². The molecule has 0 N–H and O–H groups in total. The van der Waals surface area contributed by atoms with Crippen molar-refractivity contribution in [3.05, 3.63) is 47.5 Å². The highest BCUT2D eigenvalue weighted by Gasteiger charge is 2.09. The van der Waals surface area contributed by atoms with Crippen LogP contribution in [-0.2, 0) is 0 Å². The highest BCUT2D eigenvalue weighted by atomic mass is 16.5. The molecule has 2 rings (SSSR count). The van der Waals surface area contributed by atoms with Gasteiger partial charge in [0.1, 0.15) is 0 Å². The first-order chi connectivity index (χ1) is 8.67. The molecule has 0 aromatic heterocycles. The summed E-state index contributed by atoms with van der Waals surface area (Å²) in [6.45, 7) is 4.25. The molecule has 0 heterocycles. The molecule has 0 bridgehead atoms. The fourth-order valence-corrected chi connectivity index (χ4v) is 2.26. The van der Waals surface area contributed by atoms with Crippen molar-refractivity contribution in [2.75, 3.05) is 14.2 Å². The summed E-state index contributed by atoms with van der Waals surface area (Å²) >= 11 is 0. The van der Waals surface area contributed by atoms with Crippen molar-refractivity contribution in [1.82, 2.24) is 0 Å². The van der Waals surface area contributed by atoms with Crippen molar-refractivity contribution in [1.29, 1.82) is 0 Å². The number of benzene rings is 2. The number of hydrogen-bond donors (Lipinski definition) is 0. The van der Waals surface area contributed by atoms with Crippen molar-refractivity contribution < 1.29 is 9.47 Å². The summed E-state index contributed by atoms with van der Waals surface area (Å²) in [6, 6.07) is 12.4. The third kappa shape index (κ3) is 2.19. The van der Waals surface area contributed by atoms with Crippen LogP contribution in [0.1, 0.15) is 11.1 Å². The molecule has 0 spiro atoms. The number of hydrogen-bond acceptors (Lipinski definition) is 2. The highest BCUT2D eigenvalue weighted by Crippen LogP contribution is 2.34. The van der Waals surface area contributed by atoms with Gasteiger partial charge in [0.15, 0.2) is 11.5 Å². The van der Waals surface area contributed by atoms with Gasteiger partial charge >= 0.3 is 0 Å². The first-order valence-corrected chi connectivity index (χ1v) is 5.96. The number of ether oxygens (including phenoxy) is 2. The molecule has 2 aromatic rings. The van der Waals surface area contributed by atoms with Crippen LogP contribution in [0.3, 0.4) is 0 Å². The van der Waals surface area contributed by atoms with E-state index in [1.807, 2.05) is 12.1 Å². The van der Waals surface area contributed by atoms with Crippen LogP contribution < -0.4 is 9.47 Å². The molecule has 0 saturated carbocycles. The van der Waals surface area contributed by atoms with Gasteiger partial charge < -0.3 is 9.47 Å². The molecule has 2 aromatic carbocycles. The maximum atomic E-state index is 5.35. The molecule has 0 fully saturated rings. The first-order valence-electron chi connectivity index (χ1n) is 5.96. The second-order valence-corrected chi connectivity index (χ2v) is 4.34. The Morgan fingerprint density at radius 1 is 0.778 bits per heavy atom. The molecule has 2 nitrogen and oxygen atoms in total. The quantitative estimate of drug-likeness (QED) is 0.810. The third-order valence-electron chi connectivity index (χ3n) is 3.15. The third-order valence-corrected chi connectivity index (χ3v) is 3.15. The minimum absolute atomic E-state index is 0.757. The molecule has 18 heavy (non-hydrogen) atoms.